The third-order valence-corrected chi connectivity index (χ3v) is 2.92. The van der Waals surface area contributed by atoms with Crippen LogP contribution in [0, 0.1) is 0 Å². The zero-order valence-corrected chi connectivity index (χ0v) is 11.3. The molecule has 1 amide bonds. The Morgan fingerprint density at radius 2 is 2.17 bits per heavy atom. The number of amides is 1. The minimum absolute atomic E-state index is 0.0945. The number of rotatable bonds is 7. The third kappa shape index (κ3) is 5.04. The van der Waals surface area contributed by atoms with E-state index in [1.807, 2.05) is 24.0 Å². The number of likely N-dealkylation sites (N-methyl/N-ethyl adjacent to an activating group) is 1. The summed E-state index contributed by atoms with van der Waals surface area (Å²) in [5.41, 5.74) is 0.627. The van der Waals surface area contributed by atoms with Gasteiger partial charge < -0.3 is 10.4 Å². The SMILES string of the molecule is CCN(CCCO)CC(=O)Nc1ccccc1Cl. The molecule has 100 valence electrons. The molecule has 0 aliphatic rings. The third-order valence-electron chi connectivity index (χ3n) is 2.59. The molecule has 0 radical (unpaired) electrons. The van der Waals surface area contributed by atoms with Crippen LogP contribution in [0.1, 0.15) is 13.3 Å². The summed E-state index contributed by atoms with van der Waals surface area (Å²) in [5.74, 6) is -0.0945. The van der Waals surface area contributed by atoms with Gasteiger partial charge in [0.1, 0.15) is 0 Å². The lowest BCUT2D eigenvalue weighted by Gasteiger charge is -2.19. The van der Waals surface area contributed by atoms with Crippen molar-refractivity contribution in [2.75, 3.05) is 31.6 Å². The van der Waals surface area contributed by atoms with Gasteiger partial charge in [-0.05, 0) is 25.1 Å². The molecule has 0 aliphatic carbocycles. The summed E-state index contributed by atoms with van der Waals surface area (Å²) < 4.78 is 0. The summed E-state index contributed by atoms with van der Waals surface area (Å²) in [7, 11) is 0. The van der Waals surface area contributed by atoms with Crippen molar-refractivity contribution < 1.29 is 9.90 Å². The highest BCUT2D eigenvalue weighted by atomic mass is 35.5. The predicted octanol–water partition coefficient (Wildman–Crippen LogP) is 1.98. The van der Waals surface area contributed by atoms with Crippen LogP contribution in [0.3, 0.4) is 0 Å². The van der Waals surface area contributed by atoms with E-state index in [0.717, 1.165) is 6.54 Å². The number of carbonyl (C=O) groups is 1. The zero-order chi connectivity index (χ0) is 13.4. The first-order valence-electron chi connectivity index (χ1n) is 6.05. The maximum Gasteiger partial charge on any atom is 0.238 e. The minimum Gasteiger partial charge on any atom is -0.396 e. The van der Waals surface area contributed by atoms with E-state index >= 15 is 0 Å². The number of benzene rings is 1. The number of anilines is 1. The Balaban J connectivity index is 2.48. The van der Waals surface area contributed by atoms with Crippen molar-refractivity contribution in [3.8, 4) is 0 Å². The van der Waals surface area contributed by atoms with Crippen LogP contribution in [0.4, 0.5) is 5.69 Å². The van der Waals surface area contributed by atoms with Gasteiger partial charge in [-0.2, -0.15) is 0 Å². The van der Waals surface area contributed by atoms with Crippen LogP contribution in [-0.4, -0.2) is 42.2 Å². The van der Waals surface area contributed by atoms with Crippen molar-refractivity contribution in [1.29, 1.82) is 0 Å². The zero-order valence-electron chi connectivity index (χ0n) is 10.5. The molecule has 0 saturated carbocycles. The molecule has 18 heavy (non-hydrogen) atoms. The van der Waals surface area contributed by atoms with Crippen molar-refractivity contribution >= 4 is 23.2 Å². The summed E-state index contributed by atoms with van der Waals surface area (Å²) in [6.07, 6.45) is 0.674. The van der Waals surface area contributed by atoms with Crippen molar-refractivity contribution in [3.05, 3.63) is 29.3 Å². The van der Waals surface area contributed by atoms with E-state index in [2.05, 4.69) is 5.32 Å². The van der Waals surface area contributed by atoms with Crippen molar-refractivity contribution in [1.82, 2.24) is 4.90 Å². The molecule has 1 aromatic rings. The largest absolute Gasteiger partial charge is 0.396 e. The molecular weight excluding hydrogens is 252 g/mol. The van der Waals surface area contributed by atoms with Crippen LogP contribution in [-0.2, 0) is 4.79 Å². The van der Waals surface area contributed by atoms with Gasteiger partial charge in [0.15, 0.2) is 0 Å². The number of hydrogen-bond donors (Lipinski definition) is 2. The first-order chi connectivity index (χ1) is 8.67. The highest BCUT2D eigenvalue weighted by Crippen LogP contribution is 2.20. The molecule has 1 rings (SSSR count). The van der Waals surface area contributed by atoms with E-state index in [1.54, 1.807) is 12.1 Å². The molecule has 0 bridgehead atoms. The van der Waals surface area contributed by atoms with E-state index in [-0.39, 0.29) is 12.5 Å². The maximum absolute atomic E-state index is 11.8. The summed E-state index contributed by atoms with van der Waals surface area (Å²) in [6, 6.07) is 7.15. The molecule has 0 aromatic heterocycles. The Labute approximate surface area is 113 Å². The van der Waals surface area contributed by atoms with Crippen LogP contribution in [0.25, 0.3) is 0 Å². The number of aliphatic hydroxyl groups is 1. The first kappa shape index (κ1) is 15.0. The van der Waals surface area contributed by atoms with E-state index < -0.39 is 0 Å². The summed E-state index contributed by atoms with van der Waals surface area (Å²) in [5, 5.41) is 12.1. The molecule has 0 fully saturated rings. The second-order valence-corrected chi connectivity index (χ2v) is 4.38. The molecule has 0 aliphatic heterocycles. The van der Waals surface area contributed by atoms with Gasteiger partial charge >= 0.3 is 0 Å². The molecule has 2 N–H and O–H groups in total. The molecular formula is C13H19ClN2O2. The van der Waals surface area contributed by atoms with Gasteiger partial charge in [0, 0.05) is 13.2 Å². The highest BCUT2D eigenvalue weighted by molar-refractivity contribution is 6.33. The Bertz CT molecular complexity index is 385. The molecule has 1 aromatic carbocycles. The van der Waals surface area contributed by atoms with E-state index in [4.69, 9.17) is 16.7 Å². The fourth-order valence-electron chi connectivity index (χ4n) is 1.60. The highest BCUT2D eigenvalue weighted by Gasteiger charge is 2.10. The molecule has 0 spiro atoms. The number of halogens is 1. The number of para-hydroxylation sites is 1. The van der Waals surface area contributed by atoms with Gasteiger partial charge in [-0.3, -0.25) is 9.69 Å². The second-order valence-electron chi connectivity index (χ2n) is 3.97. The normalized spacial score (nSPS) is 10.7. The molecule has 0 unspecified atom stereocenters. The predicted molar refractivity (Wildman–Crippen MR) is 73.9 cm³/mol. The Morgan fingerprint density at radius 1 is 1.44 bits per heavy atom. The summed E-state index contributed by atoms with van der Waals surface area (Å²) >= 11 is 5.96. The van der Waals surface area contributed by atoms with Crippen molar-refractivity contribution in [2.45, 2.75) is 13.3 Å². The molecule has 0 heterocycles. The lowest BCUT2D eigenvalue weighted by molar-refractivity contribution is -0.117. The second kappa shape index (κ2) is 8.08. The Hall–Kier alpha value is -1.10. The van der Waals surface area contributed by atoms with Crippen LogP contribution < -0.4 is 5.32 Å². The molecule has 5 heteroatoms. The summed E-state index contributed by atoms with van der Waals surface area (Å²) in [6.45, 7) is 3.92. The van der Waals surface area contributed by atoms with Gasteiger partial charge in [-0.1, -0.05) is 30.7 Å². The number of aliphatic hydroxyl groups excluding tert-OH is 1. The van der Waals surface area contributed by atoms with Gasteiger partial charge in [-0.25, -0.2) is 0 Å². The fourth-order valence-corrected chi connectivity index (χ4v) is 1.78. The smallest absolute Gasteiger partial charge is 0.238 e. The maximum atomic E-state index is 11.8. The molecule has 0 saturated heterocycles. The standard InChI is InChI=1S/C13H19ClN2O2/c1-2-16(8-5-9-17)10-13(18)15-12-7-4-3-6-11(12)14/h3-4,6-7,17H,2,5,8-10H2,1H3,(H,15,18). The van der Waals surface area contributed by atoms with Gasteiger partial charge in [0.25, 0.3) is 0 Å². The van der Waals surface area contributed by atoms with E-state index in [0.29, 0.717) is 30.2 Å². The van der Waals surface area contributed by atoms with Crippen LogP contribution >= 0.6 is 11.6 Å². The molecule has 0 atom stereocenters. The van der Waals surface area contributed by atoms with E-state index in [9.17, 15) is 4.79 Å². The van der Waals surface area contributed by atoms with Crippen LogP contribution in [0.2, 0.25) is 5.02 Å². The topological polar surface area (TPSA) is 52.6 Å². The Morgan fingerprint density at radius 3 is 2.78 bits per heavy atom. The van der Waals surface area contributed by atoms with Gasteiger partial charge in [0.2, 0.25) is 5.91 Å². The van der Waals surface area contributed by atoms with Crippen LogP contribution in [0.15, 0.2) is 24.3 Å². The average Bonchev–Trinajstić information content (AvgIpc) is 2.37. The quantitative estimate of drug-likeness (QED) is 0.797. The average molecular weight is 271 g/mol. The number of hydrogen-bond acceptors (Lipinski definition) is 3. The lowest BCUT2D eigenvalue weighted by Crippen LogP contribution is -2.34. The number of nitrogens with zero attached hydrogens (tertiary/aromatic N) is 1. The Kier molecular flexibility index (Phi) is 6.72. The molecule has 4 nitrogen and oxygen atoms in total. The van der Waals surface area contributed by atoms with Crippen molar-refractivity contribution in [2.24, 2.45) is 0 Å². The lowest BCUT2D eigenvalue weighted by atomic mass is 10.3. The number of nitrogens with one attached hydrogen (secondary N) is 1. The number of carbonyl (C=O) groups excluding carboxylic acids is 1. The first-order valence-corrected chi connectivity index (χ1v) is 6.42. The van der Waals surface area contributed by atoms with Gasteiger partial charge in [-0.15, -0.1) is 0 Å². The summed E-state index contributed by atoms with van der Waals surface area (Å²) in [4.78, 5) is 13.8. The van der Waals surface area contributed by atoms with Crippen molar-refractivity contribution in [3.63, 3.8) is 0 Å². The van der Waals surface area contributed by atoms with E-state index in [1.165, 1.54) is 0 Å². The van der Waals surface area contributed by atoms with Gasteiger partial charge in [0.05, 0.1) is 17.3 Å². The fraction of sp³-hybridized carbons (Fsp3) is 0.462. The monoisotopic (exact) mass is 270 g/mol. The minimum atomic E-state index is -0.0945. The van der Waals surface area contributed by atoms with Crippen LogP contribution in [0.5, 0.6) is 0 Å².